The molecule has 1 fully saturated rings. The fourth-order valence-electron chi connectivity index (χ4n) is 2.39. The molecule has 2 rings (SSSR count). The lowest BCUT2D eigenvalue weighted by Crippen LogP contribution is -2.53. The smallest absolute Gasteiger partial charge is 0.129 e. The second-order valence-electron chi connectivity index (χ2n) is 5.96. The highest BCUT2D eigenvalue weighted by Gasteiger charge is 2.25. The summed E-state index contributed by atoms with van der Waals surface area (Å²) in [6.45, 7) is 12.0. The monoisotopic (exact) mass is 252 g/mol. The van der Waals surface area contributed by atoms with Crippen LogP contribution < -0.4 is 0 Å². The summed E-state index contributed by atoms with van der Waals surface area (Å²) in [5.74, 6) is 1.60. The Bertz CT molecular complexity index is 373. The van der Waals surface area contributed by atoms with Gasteiger partial charge in [-0.2, -0.15) is 0 Å². The average molecular weight is 252 g/mol. The van der Waals surface area contributed by atoms with E-state index < -0.39 is 0 Å². The predicted octanol–water partition coefficient (Wildman–Crippen LogP) is 1.69. The second kappa shape index (κ2) is 5.43. The van der Waals surface area contributed by atoms with Crippen LogP contribution in [0.4, 0.5) is 0 Å². The van der Waals surface area contributed by atoms with Crippen molar-refractivity contribution >= 4 is 0 Å². The van der Waals surface area contributed by atoms with Gasteiger partial charge in [0.05, 0.1) is 6.54 Å². The molecule has 1 N–H and O–H groups in total. The lowest BCUT2D eigenvalue weighted by atomic mass is 10.1. The average Bonchev–Trinajstić information content (AvgIpc) is 2.76. The van der Waals surface area contributed by atoms with Gasteiger partial charge in [-0.15, -0.1) is 0 Å². The van der Waals surface area contributed by atoms with E-state index in [0.29, 0.717) is 5.76 Å². The number of furan rings is 1. The van der Waals surface area contributed by atoms with Crippen LogP contribution in [0.15, 0.2) is 16.5 Å². The molecule has 2 heterocycles. The van der Waals surface area contributed by atoms with Crippen LogP contribution in [-0.2, 0) is 13.2 Å². The lowest BCUT2D eigenvalue weighted by molar-refractivity contribution is 0.0558. The number of aliphatic hydroxyl groups excluding tert-OH is 1. The van der Waals surface area contributed by atoms with Gasteiger partial charge in [-0.25, -0.2) is 0 Å². The van der Waals surface area contributed by atoms with Crippen LogP contribution in [0.2, 0.25) is 0 Å². The first kappa shape index (κ1) is 13.6. The molecule has 0 spiro atoms. The molecule has 1 saturated heterocycles. The van der Waals surface area contributed by atoms with Gasteiger partial charge in [0.2, 0.25) is 0 Å². The summed E-state index contributed by atoms with van der Waals surface area (Å²) in [5, 5.41) is 8.97. The molecular formula is C14H24N2O2. The zero-order chi connectivity index (χ0) is 13.2. The Labute approximate surface area is 109 Å². The third-order valence-corrected chi connectivity index (χ3v) is 3.57. The van der Waals surface area contributed by atoms with E-state index >= 15 is 0 Å². The molecule has 0 atom stereocenters. The lowest BCUT2D eigenvalue weighted by Gasteiger charge is -2.42. The van der Waals surface area contributed by atoms with Crippen LogP contribution >= 0.6 is 0 Å². The molecule has 102 valence electrons. The highest BCUT2D eigenvalue weighted by atomic mass is 16.4. The molecule has 0 amide bonds. The number of hydrogen-bond donors (Lipinski definition) is 1. The minimum Gasteiger partial charge on any atom is -0.462 e. The number of hydrogen-bond acceptors (Lipinski definition) is 4. The normalized spacial score (nSPS) is 19.3. The van der Waals surface area contributed by atoms with Gasteiger partial charge in [0.1, 0.15) is 18.1 Å². The highest BCUT2D eigenvalue weighted by Crippen LogP contribution is 2.17. The maximum absolute atomic E-state index is 8.97. The van der Waals surface area contributed by atoms with Crippen molar-refractivity contribution in [2.75, 3.05) is 26.2 Å². The Morgan fingerprint density at radius 3 is 2.22 bits per heavy atom. The fraction of sp³-hybridized carbons (Fsp3) is 0.714. The van der Waals surface area contributed by atoms with E-state index in [-0.39, 0.29) is 12.1 Å². The number of aliphatic hydroxyl groups is 1. The largest absolute Gasteiger partial charge is 0.462 e. The van der Waals surface area contributed by atoms with Crippen LogP contribution in [0.1, 0.15) is 32.3 Å². The second-order valence-corrected chi connectivity index (χ2v) is 5.96. The zero-order valence-corrected chi connectivity index (χ0v) is 11.6. The maximum Gasteiger partial charge on any atom is 0.129 e. The Hall–Kier alpha value is -0.840. The van der Waals surface area contributed by atoms with Crippen LogP contribution in [0.25, 0.3) is 0 Å². The Balaban J connectivity index is 1.83. The van der Waals surface area contributed by atoms with Crippen LogP contribution in [0, 0.1) is 0 Å². The minimum atomic E-state index is -0.0161. The van der Waals surface area contributed by atoms with Crippen molar-refractivity contribution in [3.63, 3.8) is 0 Å². The molecular weight excluding hydrogens is 228 g/mol. The Morgan fingerprint density at radius 2 is 1.72 bits per heavy atom. The van der Waals surface area contributed by atoms with E-state index in [4.69, 9.17) is 9.52 Å². The fourth-order valence-corrected chi connectivity index (χ4v) is 2.39. The van der Waals surface area contributed by atoms with Gasteiger partial charge in [-0.3, -0.25) is 9.80 Å². The molecule has 0 saturated carbocycles. The summed E-state index contributed by atoms with van der Waals surface area (Å²) in [6.07, 6.45) is 0. The number of piperazine rings is 1. The minimum absolute atomic E-state index is 0.0161. The molecule has 0 aromatic carbocycles. The summed E-state index contributed by atoms with van der Waals surface area (Å²) in [4.78, 5) is 4.92. The van der Waals surface area contributed by atoms with E-state index in [2.05, 4.69) is 30.6 Å². The summed E-state index contributed by atoms with van der Waals surface area (Å²) in [5.41, 5.74) is 0.265. The molecule has 1 aromatic heterocycles. The first-order valence-corrected chi connectivity index (χ1v) is 6.65. The number of rotatable bonds is 3. The maximum atomic E-state index is 8.97. The van der Waals surface area contributed by atoms with Crippen molar-refractivity contribution in [2.45, 2.75) is 39.5 Å². The molecule has 1 aliphatic heterocycles. The van der Waals surface area contributed by atoms with E-state index in [9.17, 15) is 0 Å². The molecule has 4 heteroatoms. The third kappa shape index (κ3) is 3.34. The van der Waals surface area contributed by atoms with Gasteiger partial charge in [0.25, 0.3) is 0 Å². The summed E-state index contributed by atoms with van der Waals surface area (Å²) < 4.78 is 5.52. The highest BCUT2D eigenvalue weighted by molar-refractivity contribution is 5.06. The van der Waals surface area contributed by atoms with Gasteiger partial charge in [0.15, 0.2) is 0 Å². The predicted molar refractivity (Wildman–Crippen MR) is 71.2 cm³/mol. The van der Waals surface area contributed by atoms with Crippen molar-refractivity contribution in [1.29, 1.82) is 0 Å². The van der Waals surface area contributed by atoms with Crippen LogP contribution in [0.3, 0.4) is 0 Å². The van der Waals surface area contributed by atoms with Gasteiger partial charge in [-0.1, -0.05) is 0 Å². The van der Waals surface area contributed by atoms with Gasteiger partial charge < -0.3 is 9.52 Å². The Kier molecular flexibility index (Phi) is 4.10. The van der Waals surface area contributed by atoms with Crippen molar-refractivity contribution < 1.29 is 9.52 Å². The molecule has 1 aliphatic rings. The van der Waals surface area contributed by atoms with Gasteiger partial charge in [-0.05, 0) is 32.9 Å². The molecule has 0 bridgehead atoms. The van der Waals surface area contributed by atoms with Crippen LogP contribution in [0.5, 0.6) is 0 Å². The zero-order valence-electron chi connectivity index (χ0n) is 11.6. The molecule has 1 aromatic rings. The SMILES string of the molecule is CC(C)(C)N1CCN(Cc2ccc(CO)o2)CC1. The van der Waals surface area contributed by atoms with E-state index in [1.165, 1.54) is 0 Å². The quantitative estimate of drug-likeness (QED) is 0.888. The Morgan fingerprint density at radius 1 is 1.11 bits per heavy atom. The van der Waals surface area contributed by atoms with Crippen molar-refractivity contribution in [3.8, 4) is 0 Å². The first-order chi connectivity index (χ1) is 8.49. The van der Waals surface area contributed by atoms with Crippen molar-refractivity contribution in [3.05, 3.63) is 23.7 Å². The molecule has 0 unspecified atom stereocenters. The number of nitrogens with zero attached hydrogens (tertiary/aromatic N) is 2. The summed E-state index contributed by atoms with van der Waals surface area (Å²) in [7, 11) is 0. The summed E-state index contributed by atoms with van der Waals surface area (Å²) in [6, 6.07) is 3.81. The standard InChI is InChI=1S/C14H24N2O2/c1-14(2,3)16-8-6-15(7-9-16)10-12-4-5-13(11-17)18-12/h4-5,17H,6-11H2,1-3H3. The van der Waals surface area contributed by atoms with E-state index in [1.807, 2.05) is 12.1 Å². The van der Waals surface area contributed by atoms with E-state index in [0.717, 1.165) is 38.5 Å². The molecule has 0 aliphatic carbocycles. The topological polar surface area (TPSA) is 39.9 Å². The summed E-state index contributed by atoms with van der Waals surface area (Å²) >= 11 is 0. The molecule has 0 radical (unpaired) electrons. The van der Waals surface area contributed by atoms with Crippen molar-refractivity contribution in [1.82, 2.24) is 9.80 Å². The molecule has 18 heavy (non-hydrogen) atoms. The van der Waals surface area contributed by atoms with E-state index in [1.54, 1.807) is 0 Å². The molecule has 4 nitrogen and oxygen atoms in total. The van der Waals surface area contributed by atoms with Crippen LogP contribution in [-0.4, -0.2) is 46.6 Å². The van der Waals surface area contributed by atoms with Crippen molar-refractivity contribution in [2.24, 2.45) is 0 Å². The van der Waals surface area contributed by atoms with Gasteiger partial charge in [0, 0.05) is 31.7 Å². The van der Waals surface area contributed by atoms with Gasteiger partial charge >= 0.3 is 0 Å². The third-order valence-electron chi connectivity index (χ3n) is 3.57. The first-order valence-electron chi connectivity index (χ1n) is 6.65.